The molecule has 4 nitrogen and oxygen atoms in total. The molecule has 1 aromatic carbocycles. The molecule has 2 aliphatic heterocycles. The molecule has 3 rings (SSSR count). The number of anilines is 1. The van der Waals surface area contributed by atoms with E-state index in [9.17, 15) is 9.18 Å². The number of benzene rings is 1. The minimum atomic E-state index is -0.379. The highest BCUT2D eigenvalue weighted by molar-refractivity contribution is 6.08. The molecular formula is C13H14FN3O. The van der Waals surface area contributed by atoms with Gasteiger partial charge in [-0.15, -0.1) is 0 Å². The number of rotatable bonds is 1. The lowest BCUT2D eigenvalue weighted by atomic mass is 9.88. The minimum Gasteiger partial charge on any atom is -0.317 e. The average Bonchev–Trinajstić information content (AvgIpc) is 2.67. The Bertz CT molecular complexity index is 509. The van der Waals surface area contributed by atoms with Crippen LogP contribution in [0.2, 0.25) is 0 Å². The molecule has 18 heavy (non-hydrogen) atoms. The van der Waals surface area contributed by atoms with Crippen molar-refractivity contribution in [3.05, 3.63) is 30.1 Å². The maximum Gasteiger partial charge on any atom is 0.348 e. The molecule has 2 amide bonds. The number of nitrogens with one attached hydrogen (secondary N) is 1. The van der Waals surface area contributed by atoms with Crippen LogP contribution in [0.5, 0.6) is 0 Å². The highest BCUT2D eigenvalue weighted by Gasteiger charge is 2.44. The van der Waals surface area contributed by atoms with Crippen molar-refractivity contribution in [3.8, 4) is 0 Å². The van der Waals surface area contributed by atoms with Crippen LogP contribution in [0.1, 0.15) is 12.8 Å². The molecule has 94 valence electrons. The van der Waals surface area contributed by atoms with Crippen molar-refractivity contribution in [3.63, 3.8) is 0 Å². The van der Waals surface area contributed by atoms with Crippen LogP contribution in [0, 0.1) is 5.82 Å². The van der Waals surface area contributed by atoms with Gasteiger partial charge < -0.3 is 5.32 Å². The summed E-state index contributed by atoms with van der Waals surface area (Å²) in [6.07, 6.45) is 3.33. The van der Waals surface area contributed by atoms with Gasteiger partial charge in [0.25, 0.3) is 0 Å². The van der Waals surface area contributed by atoms with Crippen LogP contribution >= 0.6 is 0 Å². The first-order valence-electron chi connectivity index (χ1n) is 6.07. The Balaban J connectivity index is 2.00. The molecule has 0 aliphatic carbocycles. The third-order valence-corrected chi connectivity index (χ3v) is 3.59. The number of hydrogen-bond acceptors (Lipinski definition) is 2. The van der Waals surface area contributed by atoms with Gasteiger partial charge in [-0.05, 0) is 44.1 Å². The zero-order valence-electron chi connectivity index (χ0n) is 9.90. The number of carbonyl (C=O) groups is 1. The normalized spacial score (nSPS) is 21.8. The maximum absolute atomic E-state index is 13.3. The van der Waals surface area contributed by atoms with Crippen molar-refractivity contribution in [2.75, 3.05) is 18.0 Å². The van der Waals surface area contributed by atoms with Crippen molar-refractivity contribution in [2.45, 2.75) is 18.4 Å². The molecule has 5 heteroatoms. The quantitative estimate of drug-likeness (QED) is 0.824. The number of halogens is 1. The van der Waals surface area contributed by atoms with E-state index in [1.54, 1.807) is 23.2 Å². The predicted molar refractivity (Wildman–Crippen MR) is 67.6 cm³/mol. The van der Waals surface area contributed by atoms with Crippen molar-refractivity contribution in [2.24, 2.45) is 4.99 Å². The fourth-order valence-corrected chi connectivity index (χ4v) is 2.68. The van der Waals surface area contributed by atoms with E-state index in [2.05, 4.69) is 10.3 Å². The monoisotopic (exact) mass is 247 g/mol. The molecule has 0 saturated carbocycles. The molecule has 2 heterocycles. The largest absolute Gasteiger partial charge is 0.348 e. The second-order valence-electron chi connectivity index (χ2n) is 4.71. The zero-order chi connectivity index (χ0) is 12.6. The maximum atomic E-state index is 13.3. The number of carbonyl (C=O) groups excluding carboxylic acids is 1. The van der Waals surface area contributed by atoms with Gasteiger partial charge in [0.05, 0.1) is 5.54 Å². The first kappa shape index (κ1) is 11.3. The smallest absolute Gasteiger partial charge is 0.317 e. The van der Waals surface area contributed by atoms with Crippen molar-refractivity contribution >= 4 is 17.9 Å². The van der Waals surface area contributed by atoms with Gasteiger partial charge >= 0.3 is 6.03 Å². The second kappa shape index (κ2) is 4.17. The van der Waals surface area contributed by atoms with Crippen molar-refractivity contribution in [1.82, 2.24) is 5.32 Å². The molecule has 2 aliphatic rings. The van der Waals surface area contributed by atoms with Gasteiger partial charge in [0, 0.05) is 11.9 Å². The topological polar surface area (TPSA) is 44.7 Å². The van der Waals surface area contributed by atoms with E-state index in [4.69, 9.17) is 0 Å². The van der Waals surface area contributed by atoms with E-state index in [1.807, 2.05) is 0 Å². The summed E-state index contributed by atoms with van der Waals surface area (Å²) < 4.78 is 13.3. The highest BCUT2D eigenvalue weighted by Crippen LogP contribution is 2.34. The summed E-state index contributed by atoms with van der Waals surface area (Å²) in [6, 6.07) is 5.82. The number of urea groups is 1. The summed E-state index contributed by atoms with van der Waals surface area (Å²) in [5.41, 5.74) is 0.204. The lowest BCUT2D eigenvalue weighted by Gasteiger charge is -2.39. The molecule has 1 saturated heterocycles. The van der Waals surface area contributed by atoms with Crippen molar-refractivity contribution < 1.29 is 9.18 Å². The van der Waals surface area contributed by atoms with Gasteiger partial charge in [-0.25, -0.2) is 14.2 Å². The Kier molecular flexibility index (Phi) is 2.63. The van der Waals surface area contributed by atoms with E-state index in [0.29, 0.717) is 5.69 Å². The molecule has 0 radical (unpaired) electrons. The summed E-state index contributed by atoms with van der Waals surface area (Å²) in [4.78, 5) is 17.5. The van der Waals surface area contributed by atoms with E-state index in [-0.39, 0.29) is 17.4 Å². The summed E-state index contributed by atoms with van der Waals surface area (Å²) in [6.45, 7) is 1.68. The van der Waals surface area contributed by atoms with Crippen LogP contribution in [0.15, 0.2) is 29.3 Å². The van der Waals surface area contributed by atoms with Crippen LogP contribution in [0.4, 0.5) is 14.9 Å². The lowest BCUT2D eigenvalue weighted by molar-refractivity contribution is 0.250. The Morgan fingerprint density at radius 3 is 2.83 bits per heavy atom. The molecule has 0 atom stereocenters. The van der Waals surface area contributed by atoms with Crippen LogP contribution in [-0.2, 0) is 0 Å². The first-order chi connectivity index (χ1) is 8.71. The average molecular weight is 247 g/mol. The van der Waals surface area contributed by atoms with Crippen molar-refractivity contribution in [1.29, 1.82) is 0 Å². The number of piperidine rings is 1. The second-order valence-corrected chi connectivity index (χ2v) is 4.71. The molecule has 0 aromatic heterocycles. The van der Waals surface area contributed by atoms with Gasteiger partial charge in [-0.3, -0.25) is 4.90 Å². The fraction of sp³-hybridized carbons (Fsp3) is 0.385. The number of amides is 2. The highest BCUT2D eigenvalue weighted by atomic mass is 19.1. The third-order valence-electron chi connectivity index (χ3n) is 3.59. The molecule has 1 spiro atoms. The van der Waals surface area contributed by atoms with Crippen LogP contribution in [0.25, 0.3) is 0 Å². The molecule has 1 aromatic rings. The van der Waals surface area contributed by atoms with Gasteiger partial charge in [-0.1, -0.05) is 6.07 Å². The lowest BCUT2D eigenvalue weighted by Crippen LogP contribution is -2.54. The summed E-state index contributed by atoms with van der Waals surface area (Å²) in [7, 11) is 0. The van der Waals surface area contributed by atoms with Gasteiger partial charge in [0.2, 0.25) is 0 Å². The van der Waals surface area contributed by atoms with Gasteiger partial charge in [0.1, 0.15) is 5.82 Å². The molecule has 0 unspecified atom stereocenters. The molecule has 1 N–H and O–H groups in total. The molecule has 1 fully saturated rings. The molecule has 0 bridgehead atoms. The Labute approximate surface area is 105 Å². The summed E-state index contributed by atoms with van der Waals surface area (Å²) >= 11 is 0. The number of hydrogen-bond donors (Lipinski definition) is 1. The summed E-state index contributed by atoms with van der Waals surface area (Å²) in [5.74, 6) is -0.337. The number of aliphatic imine (C=N–C) groups is 1. The fourth-order valence-electron chi connectivity index (χ4n) is 2.68. The third kappa shape index (κ3) is 1.71. The van der Waals surface area contributed by atoms with E-state index in [0.717, 1.165) is 25.9 Å². The Morgan fingerprint density at radius 2 is 2.11 bits per heavy atom. The Hall–Kier alpha value is -1.75. The van der Waals surface area contributed by atoms with E-state index < -0.39 is 0 Å². The van der Waals surface area contributed by atoms with Crippen LogP contribution in [-0.4, -0.2) is 30.9 Å². The first-order valence-corrected chi connectivity index (χ1v) is 6.07. The standard InChI is InChI=1S/C13H14FN3O/c14-10-2-1-3-11(8-10)17-12(18)16-9-13(17)4-6-15-7-5-13/h1-3,8-9,15H,4-7H2. The summed E-state index contributed by atoms with van der Waals surface area (Å²) in [5, 5.41) is 3.26. The van der Waals surface area contributed by atoms with E-state index in [1.165, 1.54) is 12.1 Å². The van der Waals surface area contributed by atoms with Crippen LogP contribution in [0.3, 0.4) is 0 Å². The van der Waals surface area contributed by atoms with Gasteiger partial charge in [-0.2, -0.15) is 0 Å². The van der Waals surface area contributed by atoms with Gasteiger partial charge in [0.15, 0.2) is 0 Å². The zero-order valence-corrected chi connectivity index (χ0v) is 9.90. The minimum absolute atomic E-state index is 0.303. The number of nitrogens with zero attached hydrogens (tertiary/aromatic N) is 2. The molecular weight excluding hydrogens is 233 g/mol. The SMILES string of the molecule is O=C1N=CC2(CCNCC2)N1c1cccc(F)c1. The van der Waals surface area contributed by atoms with Crippen LogP contribution < -0.4 is 10.2 Å². The Morgan fingerprint density at radius 1 is 1.33 bits per heavy atom. The predicted octanol–water partition coefficient (Wildman–Crippen LogP) is 1.96. The van der Waals surface area contributed by atoms with E-state index >= 15 is 0 Å².